The van der Waals surface area contributed by atoms with Crippen LogP contribution in [0.3, 0.4) is 0 Å². The van der Waals surface area contributed by atoms with Crippen molar-refractivity contribution in [1.29, 1.82) is 0 Å². The summed E-state index contributed by atoms with van der Waals surface area (Å²) in [5.74, 6) is 0.544. The Labute approximate surface area is 121 Å². The molecule has 19 heavy (non-hydrogen) atoms. The molecule has 0 aromatic carbocycles. The van der Waals surface area contributed by atoms with E-state index in [-0.39, 0.29) is 5.41 Å². The molecule has 0 bridgehead atoms. The molecule has 2 atom stereocenters. The van der Waals surface area contributed by atoms with Crippen LogP contribution in [0.2, 0.25) is 0 Å². The van der Waals surface area contributed by atoms with Crippen molar-refractivity contribution < 1.29 is 0 Å². The molecule has 2 rings (SSSR count). The van der Waals surface area contributed by atoms with Crippen molar-refractivity contribution in [2.24, 2.45) is 11.1 Å². The monoisotopic (exact) mass is 281 g/mol. The molecule has 1 heterocycles. The zero-order chi connectivity index (χ0) is 14.0. The van der Waals surface area contributed by atoms with E-state index in [1.807, 2.05) is 11.3 Å². The van der Waals surface area contributed by atoms with Gasteiger partial charge in [0.15, 0.2) is 0 Å². The summed E-state index contributed by atoms with van der Waals surface area (Å²) in [7, 11) is 0. The highest BCUT2D eigenvalue weighted by Crippen LogP contribution is 2.44. The van der Waals surface area contributed by atoms with Gasteiger partial charge in [-0.3, -0.25) is 0 Å². The van der Waals surface area contributed by atoms with Gasteiger partial charge < -0.3 is 11.1 Å². The fourth-order valence-electron chi connectivity index (χ4n) is 2.89. The first kappa shape index (κ1) is 14.9. The van der Waals surface area contributed by atoms with Crippen molar-refractivity contribution in [3.05, 3.63) is 15.6 Å². The van der Waals surface area contributed by atoms with Gasteiger partial charge in [0.2, 0.25) is 0 Å². The molecule has 0 radical (unpaired) electrons. The summed E-state index contributed by atoms with van der Waals surface area (Å²) < 4.78 is 0. The number of hydrogen-bond acceptors (Lipinski definition) is 4. The zero-order valence-corrected chi connectivity index (χ0v) is 13.4. The van der Waals surface area contributed by atoms with Crippen LogP contribution >= 0.6 is 11.3 Å². The van der Waals surface area contributed by atoms with Gasteiger partial charge in [0, 0.05) is 23.4 Å². The lowest BCUT2D eigenvalue weighted by molar-refractivity contribution is 0.257. The van der Waals surface area contributed by atoms with Crippen molar-refractivity contribution in [2.75, 3.05) is 6.54 Å². The van der Waals surface area contributed by atoms with E-state index >= 15 is 0 Å². The van der Waals surface area contributed by atoms with Crippen LogP contribution in [0.5, 0.6) is 0 Å². The molecular weight excluding hydrogens is 254 g/mol. The second-order valence-electron chi connectivity index (χ2n) is 6.63. The van der Waals surface area contributed by atoms with E-state index in [0.29, 0.717) is 18.5 Å². The molecule has 4 heteroatoms. The Hall–Kier alpha value is -0.450. The number of nitrogens with two attached hydrogens (primary N) is 1. The molecule has 0 amide bonds. The lowest BCUT2D eigenvalue weighted by Crippen LogP contribution is -2.39. The van der Waals surface area contributed by atoms with Gasteiger partial charge in [0.25, 0.3) is 0 Å². The first-order valence-corrected chi connectivity index (χ1v) is 8.19. The van der Waals surface area contributed by atoms with Crippen LogP contribution < -0.4 is 11.1 Å². The minimum Gasteiger partial charge on any atom is -0.325 e. The third-order valence-corrected chi connectivity index (χ3v) is 5.07. The summed E-state index contributed by atoms with van der Waals surface area (Å²) in [4.78, 5) is 6.26. The summed E-state index contributed by atoms with van der Waals surface area (Å²) in [5.41, 5.74) is 7.36. The van der Waals surface area contributed by atoms with Crippen molar-refractivity contribution in [2.45, 2.75) is 65.5 Å². The number of thiazole rings is 1. The van der Waals surface area contributed by atoms with E-state index in [2.05, 4.69) is 33.0 Å². The number of fused-ring (bicyclic) bond motifs is 1. The van der Waals surface area contributed by atoms with Crippen LogP contribution in [0.1, 0.15) is 62.0 Å². The van der Waals surface area contributed by atoms with E-state index in [1.165, 1.54) is 23.4 Å². The maximum Gasteiger partial charge on any atom is 0.107 e. The molecule has 0 aliphatic heterocycles. The molecule has 3 N–H and O–H groups in total. The van der Waals surface area contributed by atoms with Crippen molar-refractivity contribution in [3.8, 4) is 0 Å². The summed E-state index contributed by atoms with van der Waals surface area (Å²) in [5, 5.41) is 4.78. The van der Waals surface area contributed by atoms with Crippen LogP contribution in [0.4, 0.5) is 0 Å². The van der Waals surface area contributed by atoms with E-state index in [4.69, 9.17) is 10.7 Å². The molecule has 1 aliphatic carbocycles. The van der Waals surface area contributed by atoms with Gasteiger partial charge in [-0.1, -0.05) is 27.7 Å². The molecule has 1 aromatic heterocycles. The standard InChI is InChI=1S/C15H27N3S/c1-5-6-17-10-7-11(15(2,3)4)14-12(8-10)19-13(9-16)18-14/h10-11,17H,5-9,16H2,1-4H3. The molecule has 1 aliphatic rings. The average molecular weight is 281 g/mol. The van der Waals surface area contributed by atoms with E-state index < -0.39 is 0 Å². The van der Waals surface area contributed by atoms with Crippen molar-refractivity contribution >= 4 is 11.3 Å². The molecule has 0 fully saturated rings. The molecule has 108 valence electrons. The fraction of sp³-hybridized carbons (Fsp3) is 0.800. The topological polar surface area (TPSA) is 50.9 Å². The number of nitrogens with one attached hydrogen (secondary N) is 1. The number of rotatable bonds is 4. The molecule has 2 unspecified atom stereocenters. The van der Waals surface area contributed by atoms with Crippen LogP contribution in [-0.2, 0) is 13.0 Å². The van der Waals surface area contributed by atoms with Crippen LogP contribution in [0.15, 0.2) is 0 Å². The minimum atomic E-state index is 0.265. The van der Waals surface area contributed by atoms with Gasteiger partial charge in [0.05, 0.1) is 5.69 Å². The van der Waals surface area contributed by atoms with E-state index in [1.54, 1.807) is 0 Å². The first-order valence-electron chi connectivity index (χ1n) is 7.37. The number of aromatic nitrogens is 1. The largest absolute Gasteiger partial charge is 0.325 e. The third kappa shape index (κ3) is 3.36. The van der Waals surface area contributed by atoms with Crippen LogP contribution in [-0.4, -0.2) is 17.6 Å². The Bertz CT molecular complexity index is 420. The fourth-order valence-corrected chi connectivity index (χ4v) is 3.98. The van der Waals surface area contributed by atoms with Crippen LogP contribution in [0, 0.1) is 5.41 Å². The van der Waals surface area contributed by atoms with Gasteiger partial charge in [-0.05, 0) is 31.2 Å². The SMILES string of the molecule is CCCNC1Cc2sc(CN)nc2C(C(C)(C)C)C1. The maximum absolute atomic E-state index is 5.76. The summed E-state index contributed by atoms with van der Waals surface area (Å²) in [6, 6.07) is 0.600. The van der Waals surface area contributed by atoms with Gasteiger partial charge >= 0.3 is 0 Å². The lowest BCUT2D eigenvalue weighted by atomic mass is 9.72. The summed E-state index contributed by atoms with van der Waals surface area (Å²) in [6.07, 6.45) is 3.52. The second kappa shape index (κ2) is 5.90. The van der Waals surface area contributed by atoms with Crippen molar-refractivity contribution in [3.63, 3.8) is 0 Å². The third-order valence-electron chi connectivity index (χ3n) is 3.96. The van der Waals surface area contributed by atoms with Gasteiger partial charge in [-0.25, -0.2) is 4.98 Å². The number of nitrogens with zero attached hydrogens (tertiary/aromatic N) is 1. The predicted molar refractivity (Wildman–Crippen MR) is 82.6 cm³/mol. The normalized spacial score (nSPS) is 23.4. The molecule has 1 aromatic rings. The quantitative estimate of drug-likeness (QED) is 0.892. The molecule has 0 spiro atoms. The average Bonchev–Trinajstić information content (AvgIpc) is 2.76. The molecule has 0 saturated carbocycles. The van der Waals surface area contributed by atoms with Gasteiger partial charge in [-0.15, -0.1) is 11.3 Å². The molecule has 3 nitrogen and oxygen atoms in total. The highest BCUT2D eigenvalue weighted by molar-refractivity contribution is 7.11. The first-order chi connectivity index (χ1) is 8.95. The predicted octanol–water partition coefficient (Wildman–Crippen LogP) is 3.05. The van der Waals surface area contributed by atoms with Gasteiger partial charge in [0.1, 0.15) is 5.01 Å². The minimum absolute atomic E-state index is 0.265. The Morgan fingerprint density at radius 2 is 2.16 bits per heavy atom. The second-order valence-corrected chi connectivity index (χ2v) is 7.80. The number of hydrogen-bond donors (Lipinski definition) is 2. The Morgan fingerprint density at radius 3 is 2.74 bits per heavy atom. The summed E-state index contributed by atoms with van der Waals surface area (Å²) in [6.45, 7) is 10.9. The van der Waals surface area contributed by atoms with Crippen molar-refractivity contribution in [1.82, 2.24) is 10.3 Å². The highest BCUT2D eigenvalue weighted by Gasteiger charge is 2.36. The molecular formula is C15H27N3S. The Balaban J connectivity index is 2.25. The van der Waals surface area contributed by atoms with Crippen LogP contribution in [0.25, 0.3) is 0 Å². The summed E-state index contributed by atoms with van der Waals surface area (Å²) >= 11 is 1.82. The van der Waals surface area contributed by atoms with E-state index in [9.17, 15) is 0 Å². The highest BCUT2D eigenvalue weighted by atomic mass is 32.1. The molecule has 0 saturated heterocycles. The van der Waals surface area contributed by atoms with E-state index in [0.717, 1.165) is 18.0 Å². The Morgan fingerprint density at radius 1 is 1.42 bits per heavy atom. The Kier molecular flexibility index (Phi) is 4.64. The van der Waals surface area contributed by atoms with Gasteiger partial charge in [-0.2, -0.15) is 0 Å². The zero-order valence-electron chi connectivity index (χ0n) is 12.6. The maximum atomic E-state index is 5.76. The lowest BCUT2D eigenvalue weighted by Gasteiger charge is -2.37. The smallest absolute Gasteiger partial charge is 0.107 e.